The van der Waals surface area contributed by atoms with Gasteiger partial charge in [-0.1, -0.05) is 6.92 Å². The Kier molecular flexibility index (Phi) is 5.80. The highest BCUT2D eigenvalue weighted by atomic mass is 32.1. The van der Waals surface area contributed by atoms with Crippen LogP contribution in [-0.2, 0) is 4.74 Å². The van der Waals surface area contributed by atoms with Gasteiger partial charge in [-0.05, 0) is 25.5 Å². The van der Waals surface area contributed by atoms with Gasteiger partial charge in [0.15, 0.2) is 0 Å². The van der Waals surface area contributed by atoms with Crippen LogP contribution in [0.4, 0.5) is 0 Å². The van der Waals surface area contributed by atoms with E-state index in [2.05, 4.69) is 18.3 Å². The predicted molar refractivity (Wildman–Crippen MR) is 68.3 cm³/mol. The van der Waals surface area contributed by atoms with Crippen LogP contribution in [0.25, 0.3) is 0 Å². The molecule has 2 atom stereocenters. The Hall–Kier alpha value is -0.580. The molecule has 0 aliphatic heterocycles. The van der Waals surface area contributed by atoms with Gasteiger partial charge in [0.05, 0.1) is 7.11 Å². The molecule has 1 aromatic heterocycles. The quantitative estimate of drug-likeness (QED) is 0.798. The highest BCUT2D eigenvalue weighted by molar-refractivity contribution is 7.10. The minimum absolute atomic E-state index is 0.379. The number of thiophene rings is 1. The first kappa shape index (κ1) is 13.5. The maximum atomic E-state index is 5.21. The molecule has 0 aliphatic carbocycles. The Bertz CT molecular complexity index is 301. The molecule has 0 bridgehead atoms. The first-order valence-electron chi connectivity index (χ1n) is 5.51. The van der Waals surface area contributed by atoms with Gasteiger partial charge in [0.25, 0.3) is 0 Å². The fourth-order valence-corrected chi connectivity index (χ4v) is 2.88. The van der Waals surface area contributed by atoms with Crippen molar-refractivity contribution < 1.29 is 9.47 Å². The number of nitrogens with one attached hydrogen (secondary N) is 1. The Morgan fingerprint density at radius 2 is 2.19 bits per heavy atom. The summed E-state index contributed by atoms with van der Waals surface area (Å²) in [4.78, 5) is 1.32. The van der Waals surface area contributed by atoms with E-state index < -0.39 is 0 Å². The van der Waals surface area contributed by atoms with Crippen molar-refractivity contribution in [2.75, 3.05) is 27.9 Å². The van der Waals surface area contributed by atoms with Gasteiger partial charge in [0.1, 0.15) is 5.75 Å². The lowest BCUT2D eigenvalue weighted by Gasteiger charge is -2.22. The first-order valence-corrected chi connectivity index (χ1v) is 6.39. The number of ether oxygens (including phenoxy) is 2. The second-order valence-electron chi connectivity index (χ2n) is 3.91. The normalized spacial score (nSPS) is 14.8. The molecule has 0 aromatic carbocycles. The van der Waals surface area contributed by atoms with Gasteiger partial charge in [0.2, 0.25) is 0 Å². The molecule has 0 saturated heterocycles. The Morgan fingerprint density at radius 3 is 2.69 bits per heavy atom. The average molecular weight is 243 g/mol. The fourth-order valence-electron chi connectivity index (χ4n) is 1.78. The fraction of sp³-hybridized carbons (Fsp3) is 0.667. The van der Waals surface area contributed by atoms with Crippen molar-refractivity contribution >= 4 is 11.3 Å². The molecule has 92 valence electrons. The number of methoxy groups -OCH3 is 2. The Labute approximate surface area is 102 Å². The van der Waals surface area contributed by atoms with Gasteiger partial charge in [0, 0.05) is 30.0 Å². The summed E-state index contributed by atoms with van der Waals surface area (Å²) < 4.78 is 10.3. The monoisotopic (exact) mass is 243 g/mol. The van der Waals surface area contributed by atoms with E-state index in [1.165, 1.54) is 4.88 Å². The van der Waals surface area contributed by atoms with Crippen LogP contribution in [0.15, 0.2) is 11.4 Å². The van der Waals surface area contributed by atoms with Crippen LogP contribution in [0, 0.1) is 5.92 Å². The SMILES string of the molecule is CNC(c1cc(OC)cs1)C(C)CCOC. The molecule has 4 heteroatoms. The molecular formula is C12H21NO2S. The molecule has 3 nitrogen and oxygen atoms in total. The smallest absolute Gasteiger partial charge is 0.129 e. The zero-order valence-electron chi connectivity index (χ0n) is 10.4. The lowest BCUT2D eigenvalue weighted by molar-refractivity contribution is 0.171. The summed E-state index contributed by atoms with van der Waals surface area (Å²) in [5.74, 6) is 1.49. The standard InChI is InChI=1S/C12H21NO2S/c1-9(5-6-14-3)12(13-2)11-7-10(15-4)8-16-11/h7-9,12-13H,5-6H2,1-4H3. The molecular weight excluding hydrogens is 222 g/mol. The zero-order chi connectivity index (χ0) is 12.0. The van der Waals surface area contributed by atoms with Gasteiger partial charge < -0.3 is 14.8 Å². The van der Waals surface area contributed by atoms with Crippen molar-refractivity contribution in [1.82, 2.24) is 5.32 Å². The summed E-state index contributed by atoms with van der Waals surface area (Å²) in [5, 5.41) is 5.41. The number of rotatable bonds is 7. The van der Waals surface area contributed by atoms with E-state index in [-0.39, 0.29) is 0 Å². The zero-order valence-corrected chi connectivity index (χ0v) is 11.3. The van der Waals surface area contributed by atoms with Gasteiger partial charge in [-0.2, -0.15) is 0 Å². The van der Waals surface area contributed by atoms with Gasteiger partial charge in [-0.25, -0.2) is 0 Å². The van der Waals surface area contributed by atoms with Crippen molar-refractivity contribution in [3.05, 3.63) is 16.3 Å². The summed E-state index contributed by atoms with van der Waals surface area (Å²) in [5.41, 5.74) is 0. The second kappa shape index (κ2) is 6.89. The average Bonchev–Trinajstić information content (AvgIpc) is 2.76. The van der Waals surface area contributed by atoms with E-state index in [1.54, 1.807) is 25.6 Å². The molecule has 1 rings (SSSR count). The lowest BCUT2D eigenvalue weighted by atomic mass is 9.97. The highest BCUT2D eigenvalue weighted by Crippen LogP contribution is 2.32. The minimum Gasteiger partial charge on any atom is -0.496 e. The van der Waals surface area contributed by atoms with Gasteiger partial charge in [-0.15, -0.1) is 11.3 Å². The largest absolute Gasteiger partial charge is 0.496 e. The topological polar surface area (TPSA) is 30.5 Å². The van der Waals surface area contributed by atoms with Crippen molar-refractivity contribution in [1.29, 1.82) is 0 Å². The van der Waals surface area contributed by atoms with Gasteiger partial charge >= 0.3 is 0 Å². The van der Waals surface area contributed by atoms with E-state index in [0.29, 0.717) is 12.0 Å². The van der Waals surface area contributed by atoms with Gasteiger partial charge in [-0.3, -0.25) is 0 Å². The van der Waals surface area contributed by atoms with Crippen molar-refractivity contribution in [3.63, 3.8) is 0 Å². The minimum atomic E-state index is 0.379. The molecule has 0 aliphatic rings. The van der Waals surface area contributed by atoms with E-state index in [0.717, 1.165) is 18.8 Å². The Balaban J connectivity index is 2.65. The second-order valence-corrected chi connectivity index (χ2v) is 4.86. The summed E-state index contributed by atoms with van der Waals surface area (Å²) in [6, 6.07) is 2.49. The van der Waals surface area contributed by atoms with Crippen LogP contribution < -0.4 is 10.1 Å². The van der Waals surface area contributed by atoms with Crippen LogP contribution >= 0.6 is 11.3 Å². The molecule has 0 amide bonds. The number of hydrogen-bond donors (Lipinski definition) is 1. The lowest BCUT2D eigenvalue weighted by Crippen LogP contribution is -2.23. The van der Waals surface area contributed by atoms with Crippen LogP contribution in [-0.4, -0.2) is 27.9 Å². The molecule has 2 unspecified atom stereocenters. The van der Waals surface area contributed by atoms with E-state index in [1.807, 2.05) is 12.4 Å². The molecule has 1 aromatic rings. The van der Waals surface area contributed by atoms with Crippen molar-refractivity contribution in [3.8, 4) is 5.75 Å². The molecule has 16 heavy (non-hydrogen) atoms. The molecule has 0 radical (unpaired) electrons. The first-order chi connectivity index (χ1) is 7.72. The maximum absolute atomic E-state index is 5.21. The summed E-state index contributed by atoms with van der Waals surface area (Å²) in [7, 11) is 5.45. The highest BCUT2D eigenvalue weighted by Gasteiger charge is 2.19. The maximum Gasteiger partial charge on any atom is 0.129 e. The van der Waals surface area contributed by atoms with E-state index in [9.17, 15) is 0 Å². The molecule has 0 spiro atoms. The predicted octanol–water partition coefficient (Wildman–Crippen LogP) is 2.69. The molecule has 1 heterocycles. The van der Waals surface area contributed by atoms with Crippen molar-refractivity contribution in [2.45, 2.75) is 19.4 Å². The summed E-state index contributed by atoms with van der Waals surface area (Å²) in [6.07, 6.45) is 1.06. The summed E-state index contributed by atoms with van der Waals surface area (Å²) in [6.45, 7) is 3.05. The molecule has 0 saturated carbocycles. The van der Waals surface area contributed by atoms with Crippen LogP contribution in [0.5, 0.6) is 5.75 Å². The van der Waals surface area contributed by atoms with E-state index >= 15 is 0 Å². The Morgan fingerprint density at radius 1 is 1.44 bits per heavy atom. The molecule has 0 fully saturated rings. The molecule has 1 N–H and O–H groups in total. The van der Waals surface area contributed by atoms with E-state index in [4.69, 9.17) is 9.47 Å². The van der Waals surface area contributed by atoms with Crippen LogP contribution in [0.3, 0.4) is 0 Å². The third-order valence-corrected chi connectivity index (χ3v) is 3.79. The van der Waals surface area contributed by atoms with Crippen LogP contribution in [0.2, 0.25) is 0 Å². The third kappa shape index (κ3) is 3.47. The third-order valence-electron chi connectivity index (χ3n) is 2.80. The van der Waals surface area contributed by atoms with Crippen LogP contribution in [0.1, 0.15) is 24.3 Å². The summed E-state index contributed by atoms with van der Waals surface area (Å²) >= 11 is 1.74. The van der Waals surface area contributed by atoms with Crippen molar-refractivity contribution in [2.24, 2.45) is 5.92 Å². The number of hydrogen-bond acceptors (Lipinski definition) is 4.